The lowest BCUT2D eigenvalue weighted by atomic mass is 9.96. The van der Waals surface area contributed by atoms with Crippen LogP contribution in [-0.4, -0.2) is 14.5 Å². The molecule has 3 aromatic heterocycles. The lowest BCUT2D eigenvalue weighted by molar-refractivity contribution is 1.18. The Morgan fingerprint density at radius 3 is 1.90 bits per heavy atom. The largest absolute Gasteiger partial charge is 0.309 e. The summed E-state index contributed by atoms with van der Waals surface area (Å²) >= 11 is 1.77. The van der Waals surface area contributed by atoms with Gasteiger partial charge >= 0.3 is 0 Å². The number of hydrogen-bond donors (Lipinski definition) is 0. The van der Waals surface area contributed by atoms with Crippen molar-refractivity contribution < 1.29 is 0 Å². The first kappa shape index (κ1) is 28.6. The molecule has 3 heterocycles. The Balaban J connectivity index is 1.17. The van der Waals surface area contributed by atoms with Crippen LogP contribution in [0.5, 0.6) is 0 Å². The van der Waals surface area contributed by atoms with E-state index >= 15 is 0 Å². The molecule has 0 fully saturated rings. The zero-order valence-corrected chi connectivity index (χ0v) is 27.8. The standard InChI is InChI=1S/C46H29N3S/c1-4-14-30(15-5-1)43-45-44(48-46(47-43)31-16-6-2-7-17-31)42-36(23-13-25-41(42)50-45)34-19-12-18-32(28-34)33-26-27-38-37-22-10-11-24-39(37)49(40(38)29-33)35-20-8-3-9-21-35/h1-29H. The number of hydrogen-bond acceptors (Lipinski definition) is 3. The number of para-hydroxylation sites is 2. The minimum Gasteiger partial charge on any atom is -0.309 e. The molecule has 0 spiro atoms. The summed E-state index contributed by atoms with van der Waals surface area (Å²) in [6, 6.07) is 62.5. The number of thiophene rings is 1. The number of benzene rings is 7. The van der Waals surface area contributed by atoms with Crippen LogP contribution >= 0.6 is 11.3 Å². The van der Waals surface area contributed by atoms with Gasteiger partial charge in [-0.1, -0.05) is 140 Å². The minimum absolute atomic E-state index is 0.738. The van der Waals surface area contributed by atoms with Crippen LogP contribution in [0, 0.1) is 0 Å². The van der Waals surface area contributed by atoms with Gasteiger partial charge in [-0.3, -0.25) is 0 Å². The van der Waals surface area contributed by atoms with E-state index in [1.54, 1.807) is 11.3 Å². The molecule has 4 heteroatoms. The molecule has 10 rings (SSSR count). The summed E-state index contributed by atoms with van der Waals surface area (Å²) in [6.07, 6.45) is 0. The summed E-state index contributed by atoms with van der Waals surface area (Å²) in [4.78, 5) is 10.4. The molecule has 0 atom stereocenters. The smallest absolute Gasteiger partial charge is 0.160 e. The van der Waals surface area contributed by atoms with E-state index in [-0.39, 0.29) is 0 Å². The van der Waals surface area contributed by atoms with Gasteiger partial charge in [-0.2, -0.15) is 0 Å². The van der Waals surface area contributed by atoms with Crippen LogP contribution in [0.25, 0.3) is 92.7 Å². The first-order chi connectivity index (χ1) is 24.8. The van der Waals surface area contributed by atoms with Crippen LogP contribution < -0.4 is 0 Å². The van der Waals surface area contributed by atoms with Crippen LogP contribution in [0.1, 0.15) is 0 Å². The van der Waals surface area contributed by atoms with Crippen molar-refractivity contribution in [2.75, 3.05) is 0 Å². The highest BCUT2D eigenvalue weighted by Crippen LogP contribution is 2.44. The number of fused-ring (bicyclic) bond motifs is 6. The molecule has 0 aliphatic carbocycles. The summed E-state index contributed by atoms with van der Waals surface area (Å²) in [5, 5.41) is 3.68. The van der Waals surface area contributed by atoms with Crippen LogP contribution in [0.15, 0.2) is 176 Å². The van der Waals surface area contributed by atoms with E-state index < -0.39 is 0 Å². The van der Waals surface area contributed by atoms with E-state index in [9.17, 15) is 0 Å². The third-order valence-electron chi connectivity index (χ3n) is 9.61. The Labute approximate surface area is 293 Å². The van der Waals surface area contributed by atoms with Gasteiger partial charge in [0.15, 0.2) is 5.82 Å². The molecule has 0 saturated carbocycles. The molecular formula is C46H29N3S. The molecular weight excluding hydrogens is 627 g/mol. The van der Waals surface area contributed by atoms with E-state index in [4.69, 9.17) is 9.97 Å². The van der Waals surface area contributed by atoms with Crippen LogP contribution in [-0.2, 0) is 0 Å². The van der Waals surface area contributed by atoms with Crippen molar-refractivity contribution >= 4 is 53.4 Å². The van der Waals surface area contributed by atoms with Crippen molar-refractivity contribution in [1.29, 1.82) is 0 Å². The Morgan fingerprint density at radius 2 is 1.08 bits per heavy atom. The summed E-state index contributed by atoms with van der Waals surface area (Å²) in [5.74, 6) is 0.738. The minimum atomic E-state index is 0.738. The molecule has 234 valence electrons. The maximum Gasteiger partial charge on any atom is 0.160 e. The molecule has 0 aliphatic rings. The predicted molar refractivity (Wildman–Crippen MR) is 211 cm³/mol. The predicted octanol–water partition coefficient (Wildman–Crippen LogP) is 12.6. The normalized spacial score (nSPS) is 11.6. The van der Waals surface area contributed by atoms with Gasteiger partial charge in [0.05, 0.1) is 26.9 Å². The van der Waals surface area contributed by atoms with E-state index in [1.807, 2.05) is 18.2 Å². The maximum atomic E-state index is 5.28. The Morgan fingerprint density at radius 1 is 0.440 bits per heavy atom. The third-order valence-corrected chi connectivity index (χ3v) is 10.8. The van der Waals surface area contributed by atoms with Crippen molar-refractivity contribution in [2.24, 2.45) is 0 Å². The molecule has 0 aliphatic heterocycles. The fourth-order valence-corrected chi connectivity index (χ4v) is 8.49. The molecule has 0 amide bonds. The SMILES string of the molecule is c1ccc(-c2nc(-c3ccccc3)c3sc4cccc(-c5cccc(-c6ccc7c8ccccc8n(-c8ccccc8)c7c6)c5)c4c3n2)cc1. The van der Waals surface area contributed by atoms with E-state index in [0.29, 0.717) is 0 Å². The van der Waals surface area contributed by atoms with Crippen LogP contribution in [0.4, 0.5) is 0 Å². The Bertz CT molecular complexity index is 2850. The number of aromatic nitrogens is 3. The Hall–Kier alpha value is -6.36. The molecule has 7 aromatic carbocycles. The summed E-state index contributed by atoms with van der Waals surface area (Å²) in [7, 11) is 0. The van der Waals surface area contributed by atoms with Crippen molar-refractivity contribution in [1.82, 2.24) is 14.5 Å². The zero-order valence-electron chi connectivity index (χ0n) is 27.0. The average Bonchev–Trinajstić information content (AvgIpc) is 3.74. The molecule has 3 nitrogen and oxygen atoms in total. The van der Waals surface area contributed by atoms with Gasteiger partial charge in [0.2, 0.25) is 0 Å². The summed E-state index contributed by atoms with van der Waals surface area (Å²) in [6.45, 7) is 0. The monoisotopic (exact) mass is 655 g/mol. The van der Waals surface area contributed by atoms with E-state index in [2.05, 4.69) is 162 Å². The van der Waals surface area contributed by atoms with Gasteiger partial charge in [0.25, 0.3) is 0 Å². The first-order valence-corrected chi connectivity index (χ1v) is 17.7. The molecule has 0 unspecified atom stereocenters. The lowest BCUT2D eigenvalue weighted by Crippen LogP contribution is -1.93. The van der Waals surface area contributed by atoms with E-state index in [0.717, 1.165) is 44.1 Å². The van der Waals surface area contributed by atoms with Gasteiger partial charge in [-0.05, 0) is 58.7 Å². The van der Waals surface area contributed by atoms with Crippen LogP contribution in [0.3, 0.4) is 0 Å². The second-order valence-electron chi connectivity index (χ2n) is 12.6. The van der Waals surface area contributed by atoms with Gasteiger partial charge in [-0.25, -0.2) is 9.97 Å². The highest BCUT2D eigenvalue weighted by atomic mass is 32.1. The Kier molecular flexibility index (Phi) is 6.68. The highest BCUT2D eigenvalue weighted by molar-refractivity contribution is 7.26. The number of nitrogens with zero attached hydrogens (tertiary/aromatic N) is 3. The zero-order chi connectivity index (χ0) is 33.0. The van der Waals surface area contributed by atoms with Crippen LogP contribution in [0.2, 0.25) is 0 Å². The molecule has 10 aromatic rings. The molecule has 0 N–H and O–H groups in total. The maximum absolute atomic E-state index is 5.28. The number of rotatable bonds is 5. The molecule has 0 radical (unpaired) electrons. The fraction of sp³-hybridized carbons (Fsp3) is 0. The van der Waals surface area contributed by atoms with Gasteiger partial charge in [-0.15, -0.1) is 11.3 Å². The van der Waals surface area contributed by atoms with Crippen molar-refractivity contribution in [2.45, 2.75) is 0 Å². The lowest BCUT2D eigenvalue weighted by Gasteiger charge is -2.11. The van der Waals surface area contributed by atoms with E-state index in [1.165, 1.54) is 48.6 Å². The van der Waals surface area contributed by atoms with Crippen molar-refractivity contribution in [3.63, 3.8) is 0 Å². The first-order valence-electron chi connectivity index (χ1n) is 16.8. The highest BCUT2D eigenvalue weighted by Gasteiger charge is 2.20. The second-order valence-corrected chi connectivity index (χ2v) is 13.6. The molecule has 50 heavy (non-hydrogen) atoms. The quantitative estimate of drug-likeness (QED) is 0.185. The molecule has 0 saturated heterocycles. The average molecular weight is 656 g/mol. The van der Waals surface area contributed by atoms with Gasteiger partial charge < -0.3 is 4.57 Å². The topological polar surface area (TPSA) is 30.7 Å². The van der Waals surface area contributed by atoms with Gasteiger partial charge in [0, 0.05) is 37.7 Å². The fourth-order valence-electron chi connectivity index (χ4n) is 7.31. The summed E-state index contributed by atoms with van der Waals surface area (Å²) in [5.41, 5.74) is 12.3. The van der Waals surface area contributed by atoms with Crippen molar-refractivity contribution in [3.05, 3.63) is 176 Å². The molecule has 0 bridgehead atoms. The summed E-state index contributed by atoms with van der Waals surface area (Å²) < 4.78 is 4.69. The third kappa shape index (κ3) is 4.65. The van der Waals surface area contributed by atoms with Gasteiger partial charge in [0.1, 0.15) is 0 Å². The second kappa shape index (κ2) is 11.7. The van der Waals surface area contributed by atoms with Crippen molar-refractivity contribution in [3.8, 4) is 50.6 Å².